The van der Waals surface area contributed by atoms with Crippen molar-refractivity contribution in [3.63, 3.8) is 0 Å². The third kappa shape index (κ3) is 8.59. The number of aliphatic hydroxyl groups excluding tert-OH is 1. The van der Waals surface area contributed by atoms with E-state index >= 15 is 0 Å². The van der Waals surface area contributed by atoms with Crippen molar-refractivity contribution in [1.29, 1.82) is 0 Å². The first-order valence-electron chi connectivity index (χ1n) is 7.48. The molecular weight excluding hydrogens is 399 g/mol. The summed E-state index contributed by atoms with van der Waals surface area (Å²) in [5.74, 6) is -0.258. The van der Waals surface area contributed by atoms with Crippen molar-refractivity contribution in [2.75, 3.05) is 13.1 Å². The summed E-state index contributed by atoms with van der Waals surface area (Å²) in [5.41, 5.74) is 6.54. The SMILES string of the molecule is C=C(Cl)/C(O)=C\SC(=O)NC1=C(C=O)CNCC1.NC1C=CC(Cl)=CN1. The Labute approximate surface area is 166 Å². The van der Waals surface area contributed by atoms with Gasteiger partial charge in [-0.3, -0.25) is 9.59 Å². The minimum atomic E-state index is -0.393. The third-order valence-electron chi connectivity index (χ3n) is 3.08. The Hall–Kier alpha value is -1.71. The van der Waals surface area contributed by atoms with Crippen LogP contribution in [0.2, 0.25) is 0 Å². The molecule has 142 valence electrons. The van der Waals surface area contributed by atoms with E-state index in [-0.39, 0.29) is 17.0 Å². The Morgan fingerprint density at radius 2 is 2.27 bits per heavy atom. The van der Waals surface area contributed by atoms with E-state index in [0.29, 0.717) is 35.8 Å². The van der Waals surface area contributed by atoms with Gasteiger partial charge in [0.2, 0.25) is 0 Å². The highest BCUT2D eigenvalue weighted by atomic mass is 35.5. The van der Waals surface area contributed by atoms with Crippen LogP contribution in [0.15, 0.2) is 57.4 Å². The lowest BCUT2D eigenvalue weighted by molar-refractivity contribution is -0.105. The molecule has 2 aliphatic rings. The second-order valence-corrected chi connectivity index (χ2v) is 6.80. The van der Waals surface area contributed by atoms with E-state index in [1.807, 2.05) is 0 Å². The molecule has 0 radical (unpaired) electrons. The van der Waals surface area contributed by atoms with Crippen LogP contribution in [0.5, 0.6) is 0 Å². The molecular formula is C16H20Cl2N4O3S. The number of thioether (sulfide) groups is 1. The minimum absolute atomic E-state index is 0.0371. The van der Waals surface area contributed by atoms with E-state index in [4.69, 9.17) is 28.9 Å². The van der Waals surface area contributed by atoms with Crippen LogP contribution in [0, 0.1) is 0 Å². The number of nitrogens with two attached hydrogens (primary N) is 1. The number of allylic oxidation sites excluding steroid dienone is 3. The maximum absolute atomic E-state index is 11.6. The molecule has 0 aliphatic carbocycles. The van der Waals surface area contributed by atoms with Gasteiger partial charge in [-0.1, -0.05) is 29.8 Å². The molecule has 10 heteroatoms. The van der Waals surface area contributed by atoms with Gasteiger partial charge in [0.05, 0.1) is 16.2 Å². The molecule has 0 spiro atoms. The van der Waals surface area contributed by atoms with Gasteiger partial charge in [-0.05, 0) is 23.9 Å². The number of rotatable bonds is 4. The predicted octanol–water partition coefficient (Wildman–Crippen LogP) is 2.54. The fourth-order valence-corrected chi connectivity index (χ4v) is 2.56. The highest BCUT2D eigenvalue weighted by Crippen LogP contribution is 2.16. The summed E-state index contributed by atoms with van der Waals surface area (Å²) in [6.45, 7) is 4.47. The second-order valence-electron chi connectivity index (χ2n) is 5.07. The first-order chi connectivity index (χ1) is 12.3. The Kier molecular flexibility index (Phi) is 10.2. The lowest BCUT2D eigenvalue weighted by atomic mass is 10.1. The summed E-state index contributed by atoms with van der Waals surface area (Å²) < 4.78 is 0. The Morgan fingerprint density at radius 1 is 1.54 bits per heavy atom. The standard InChI is InChI=1S/C11H13ClN2O3S.C5H7ClN2/c1-7(12)10(16)6-18-11(17)14-9-2-3-13-4-8(9)5-15;6-4-1-2-5(7)8-3-4/h5-6,13,16H,1-4H2,(H,14,17);1-3,5,8H,7H2/b10-6+;. The number of carbonyl (C=O) groups excluding carboxylic acids is 2. The number of aliphatic hydroxyl groups is 1. The Bertz CT molecular complexity index is 674. The fraction of sp³-hybridized carbons (Fsp3) is 0.250. The molecule has 26 heavy (non-hydrogen) atoms. The molecule has 1 unspecified atom stereocenters. The molecule has 0 saturated heterocycles. The molecule has 0 aromatic carbocycles. The summed E-state index contributed by atoms with van der Waals surface area (Å²) in [6.07, 6.45) is 6.47. The van der Waals surface area contributed by atoms with Gasteiger partial charge in [0.15, 0.2) is 0 Å². The summed E-state index contributed by atoms with van der Waals surface area (Å²) in [5, 5.41) is 19.1. The van der Waals surface area contributed by atoms with Crippen LogP contribution in [-0.2, 0) is 4.79 Å². The van der Waals surface area contributed by atoms with Crippen molar-refractivity contribution in [3.05, 3.63) is 57.4 Å². The van der Waals surface area contributed by atoms with Gasteiger partial charge in [0, 0.05) is 42.4 Å². The average molecular weight is 419 g/mol. The number of hydrogen-bond donors (Lipinski definition) is 5. The van der Waals surface area contributed by atoms with Gasteiger partial charge in [-0.25, -0.2) is 0 Å². The number of aldehydes is 1. The zero-order valence-electron chi connectivity index (χ0n) is 13.8. The van der Waals surface area contributed by atoms with Crippen molar-refractivity contribution in [2.24, 2.45) is 5.73 Å². The van der Waals surface area contributed by atoms with Crippen molar-refractivity contribution < 1.29 is 14.7 Å². The summed E-state index contributed by atoms with van der Waals surface area (Å²) in [6, 6.07) is 0. The molecule has 0 aromatic heterocycles. The Balaban J connectivity index is 0.000000350. The molecule has 0 fully saturated rings. The molecule has 6 N–H and O–H groups in total. The molecule has 2 heterocycles. The van der Waals surface area contributed by atoms with Crippen LogP contribution in [0.3, 0.4) is 0 Å². The molecule has 2 aliphatic heterocycles. The zero-order chi connectivity index (χ0) is 19.5. The van der Waals surface area contributed by atoms with E-state index in [0.717, 1.165) is 18.0 Å². The molecule has 1 atom stereocenters. The van der Waals surface area contributed by atoms with E-state index in [1.165, 1.54) is 5.41 Å². The minimum Gasteiger partial charge on any atom is -0.506 e. The highest BCUT2D eigenvalue weighted by molar-refractivity contribution is 8.16. The number of carbonyl (C=O) groups is 2. The molecule has 2 rings (SSSR count). The number of amides is 1. The largest absolute Gasteiger partial charge is 0.506 e. The molecule has 0 saturated carbocycles. The summed E-state index contributed by atoms with van der Waals surface area (Å²) >= 11 is 11.7. The van der Waals surface area contributed by atoms with Gasteiger partial charge >= 0.3 is 0 Å². The lowest BCUT2D eigenvalue weighted by Crippen LogP contribution is -2.32. The predicted molar refractivity (Wildman–Crippen MR) is 107 cm³/mol. The van der Waals surface area contributed by atoms with Gasteiger partial charge in [-0.2, -0.15) is 0 Å². The molecule has 0 aromatic rings. The second kappa shape index (κ2) is 11.8. The lowest BCUT2D eigenvalue weighted by Gasteiger charge is -2.18. The van der Waals surface area contributed by atoms with E-state index < -0.39 is 5.24 Å². The highest BCUT2D eigenvalue weighted by Gasteiger charge is 2.14. The van der Waals surface area contributed by atoms with Crippen molar-refractivity contribution >= 4 is 46.5 Å². The first kappa shape index (κ1) is 22.3. The number of hydrogen-bond acceptors (Lipinski definition) is 7. The van der Waals surface area contributed by atoms with Gasteiger partial charge in [0.25, 0.3) is 5.24 Å². The Morgan fingerprint density at radius 3 is 2.81 bits per heavy atom. The maximum Gasteiger partial charge on any atom is 0.287 e. The zero-order valence-corrected chi connectivity index (χ0v) is 16.1. The van der Waals surface area contributed by atoms with Crippen molar-refractivity contribution in [2.45, 2.75) is 12.6 Å². The number of halogens is 2. The smallest absolute Gasteiger partial charge is 0.287 e. The molecule has 7 nitrogen and oxygen atoms in total. The van der Waals surface area contributed by atoms with Crippen LogP contribution in [-0.4, -0.2) is 35.9 Å². The quantitative estimate of drug-likeness (QED) is 0.270. The van der Waals surface area contributed by atoms with E-state index in [2.05, 4.69) is 22.5 Å². The monoisotopic (exact) mass is 418 g/mol. The normalized spacial score (nSPS) is 19.6. The van der Waals surface area contributed by atoms with Crippen molar-refractivity contribution in [1.82, 2.24) is 16.0 Å². The topological polar surface area (TPSA) is 116 Å². The van der Waals surface area contributed by atoms with E-state index in [9.17, 15) is 14.7 Å². The molecule has 1 amide bonds. The first-order valence-corrected chi connectivity index (χ1v) is 9.12. The fourth-order valence-electron chi connectivity index (χ4n) is 1.76. The number of nitrogens with one attached hydrogen (secondary N) is 3. The maximum atomic E-state index is 11.6. The van der Waals surface area contributed by atoms with Crippen molar-refractivity contribution in [3.8, 4) is 0 Å². The summed E-state index contributed by atoms with van der Waals surface area (Å²) in [7, 11) is 0. The van der Waals surface area contributed by atoms with Gasteiger partial charge in [-0.15, -0.1) is 0 Å². The molecule has 0 bridgehead atoms. The third-order valence-corrected chi connectivity index (χ3v) is 4.17. The number of dihydropyridines is 1. The summed E-state index contributed by atoms with van der Waals surface area (Å²) in [4.78, 5) is 22.3. The van der Waals surface area contributed by atoms with Crippen LogP contribution in [0.1, 0.15) is 6.42 Å². The van der Waals surface area contributed by atoms with Crippen LogP contribution < -0.4 is 21.7 Å². The van der Waals surface area contributed by atoms with Crippen LogP contribution >= 0.6 is 35.0 Å². The van der Waals surface area contributed by atoms with Gasteiger partial charge in [0.1, 0.15) is 12.0 Å². The van der Waals surface area contributed by atoms with Gasteiger partial charge < -0.3 is 26.8 Å². The van der Waals surface area contributed by atoms with Crippen LogP contribution in [0.25, 0.3) is 0 Å². The average Bonchev–Trinajstić information content (AvgIpc) is 2.63. The van der Waals surface area contributed by atoms with E-state index in [1.54, 1.807) is 18.4 Å². The van der Waals surface area contributed by atoms with Crippen LogP contribution in [0.4, 0.5) is 4.79 Å².